The summed E-state index contributed by atoms with van der Waals surface area (Å²) in [5, 5.41) is 13.2. The number of fused-ring (bicyclic) bond motifs is 1. The SMILES string of the molecule is C[C@H](O)CC(C)(C)CN[C@H]1CCc2cc(Br)ccc21. The number of hydrogen-bond acceptors (Lipinski definition) is 2. The lowest BCUT2D eigenvalue weighted by Crippen LogP contribution is -2.33. The van der Waals surface area contributed by atoms with Crippen LogP contribution in [-0.4, -0.2) is 17.8 Å². The van der Waals surface area contributed by atoms with Gasteiger partial charge in [0, 0.05) is 17.1 Å². The molecule has 0 saturated heterocycles. The Kier molecular flexibility index (Phi) is 4.70. The van der Waals surface area contributed by atoms with E-state index in [0.29, 0.717) is 6.04 Å². The van der Waals surface area contributed by atoms with E-state index in [0.717, 1.165) is 19.4 Å². The number of aryl methyl sites for hydroxylation is 1. The maximum absolute atomic E-state index is 9.54. The average Bonchev–Trinajstić information content (AvgIpc) is 2.67. The summed E-state index contributed by atoms with van der Waals surface area (Å²) in [6, 6.07) is 7.06. The summed E-state index contributed by atoms with van der Waals surface area (Å²) in [7, 11) is 0. The van der Waals surface area contributed by atoms with Gasteiger partial charge in [0.05, 0.1) is 6.10 Å². The highest BCUT2D eigenvalue weighted by Crippen LogP contribution is 2.34. The summed E-state index contributed by atoms with van der Waals surface area (Å²) in [6.07, 6.45) is 2.93. The summed E-state index contributed by atoms with van der Waals surface area (Å²) in [5.74, 6) is 0. The van der Waals surface area contributed by atoms with E-state index in [1.54, 1.807) is 0 Å². The Bertz CT molecular complexity index is 442. The zero-order chi connectivity index (χ0) is 14.0. The Hall–Kier alpha value is -0.380. The second-order valence-corrected chi connectivity index (χ2v) is 7.45. The first-order valence-electron chi connectivity index (χ1n) is 7.07. The van der Waals surface area contributed by atoms with Crippen LogP contribution >= 0.6 is 15.9 Å². The molecule has 0 heterocycles. The summed E-state index contributed by atoms with van der Waals surface area (Å²) < 4.78 is 1.17. The summed E-state index contributed by atoms with van der Waals surface area (Å²) in [5.41, 5.74) is 3.03. The zero-order valence-corrected chi connectivity index (χ0v) is 13.6. The van der Waals surface area contributed by atoms with Crippen LogP contribution in [0.4, 0.5) is 0 Å². The van der Waals surface area contributed by atoms with Crippen LogP contribution in [0.2, 0.25) is 0 Å². The number of benzene rings is 1. The maximum Gasteiger partial charge on any atom is 0.0517 e. The highest BCUT2D eigenvalue weighted by atomic mass is 79.9. The Morgan fingerprint density at radius 3 is 2.89 bits per heavy atom. The third kappa shape index (κ3) is 4.04. The predicted molar refractivity (Wildman–Crippen MR) is 83.3 cm³/mol. The molecule has 0 amide bonds. The van der Waals surface area contributed by atoms with E-state index in [-0.39, 0.29) is 11.5 Å². The van der Waals surface area contributed by atoms with Gasteiger partial charge in [-0.05, 0) is 54.9 Å². The third-order valence-corrected chi connectivity index (χ3v) is 4.35. The van der Waals surface area contributed by atoms with Gasteiger partial charge in [-0.15, -0.1) is 0 Å². The normalized spacial score (nSPS) is 20.4. The minimum Gasteiger partial charge on any atom is -0.393 e. The molecule has 2 nitrogen and oxygen atoms in total. The van der Waals surface area contributed by atoms with Crippen molar-refractivity contribution in [1.82, 2.24) is 5.32 Å². The smallest absolute Gasteiger partial charge is 0.0517 e. The quantitative estimate of drug-likeness (QED) is 0.862. The topological polar surface area (TPSA) is 32.3 Å². The van der Waals surface area contributed by atoms with E-state index >= 15 is 0 Å². The summed E-state index contributed by atoms with van der Waals surface area (Å²) in [6.45, 7) is 7.23. The van der Waals surface area contributed by atoms with Crippen molar-refractivity contribution in [2.24, 2.45) is 5.41 Å². The van der Waals surface area contributed by atoms with Gasteiger partial charge in [-0.1, -0.05) is 35.8 Å². The van der Waals surface area contributed by atoms with Crippen LogP contribution in [0.3, 0.4) is 0 Å². The van der Waals surface area contributed by atoms with Crippen LogP contribution < -0.4 is 5.32 Å². The fraction of sp³-hybridized carbons (Fsp3) is 0.625. The molecule has 1 aromatic rings. The van der Waals surface area contributed by atoms with E-state index in [1.807, 2.05) is 6.92 Å². The van der Waals surface area contributed by atoms with Crippen LogP contribution in [0.5, 0.6) is 0 Å². The highest BCUT2D eigenvalue weighted by molar-refractivity contribution is 9.10. The first-order valence-corrected chi connectivity index (χ1v) is 7.86. The largest absolute Gasteiger partial charge is 0.393 e. The van der Waals surface area contributed by atoms with Crippen LogP contribution in [-0.2, 0) is 6.42 Å². The van der Waals surface area contributed by atoms with Crippen molar-refractivity contribution >= 4 is 15.9 Å². The molecule has 0 aliphatic heterocycles. The lowest BCUT2D eigenvalue weighted by molar-refractivity contribution is 0.126. The van der Waals surface area contributed by atoms with Gasteiger partial charge in [-0.3, -0.25) is 0 Å². The number of aliphatic hydroxyl groups excluding tert-OH is 1. The molecule has 0 fully saturated rings. The summed E-state index contributed by atoms with van der Waals surface area (Å²) in [4.78, 5) is 0. The van der Waals surface area contributed by atoms with E-state index in [9.17, 15) is 5.11 Å². The molecular formula is C16H24BrNO. The molecule has 1 aliphatic rings. The Morgan fingerprint density at radius 2 is 2.21 bits per heavy atom. The van der Waals surface area contributed by atoms with E-state index in [1.165, 1.54) is 22.0 Å². The highest BCUT2D eigenvalue weighted by Gasteiger charge is 2.26. The number of hydrogen-bond donors (Lipinski definition) is 2. The van der Waals surface area contributed by atoms with Crippen LogP contribution in [0.1, 0.15) is 50.8 Å². The number of halogens is 1. The molecule has 0 radical (unpaired) electrons. The van der Waals surface area contributed by atoms with Gasteiger partial charge < -0.3 is 10.4 Å². The van der Waals surface area contributed by atoms with Gasteiger partial charge in [0.25, 0.3) is 0 Å². The molecule has 0 spiro atoms. The summed E-state index contributed by atoms with van der Waals surface area (Å²) >= 11 is 3.53. The van der Waals surface area contributed by atoms with Crippen LogP contribution in [0.15, 0.2) is 22.7 Å². The molecule has 106 valence electrons. The Balaban J connectivity index is 1.96. The fourth-order valence-corrected chi connectivity index (χ4v) is 3.48. The van der Waals surface area contributed by atoms with Crippen LogP contribution in [0, 0.1) is 5.41 Å². The molecule has 2 rings (SSSR count). The molecule has 0 unspecified atom stereocenters. The van der Waals surface area contributed by atoms with Gasteiger partial charge in [0.1, 0.15) is 0 Å². The standard InChI is InChI=1S/C16H24BrNO/c1-11(19)9-16(2,3)10-18-15-7-4-12-8-13(17)5-6-14(12)15/h5-6,8,11,15,18-19H,4,7,9-10H2,1-3H3/t11-,15-/m0/s1. The monoisotopic (exact) mass is 325 g/mol. The Labute approximate surface area is 124 Å². The minimum absolute atomic E-state index is 0.131. The first-order chi connectivity index (χ1) is 8.87. The lowest BCUT2D eigenvalue weighted by Gasteiger charge is -2.28. The van der Waals surface area contributed by atoms with Crippen molar-refractivity contribution in [3.8, 4) is 0 Å². The molecule has 0 saturated carbocycles. The first kappa shape index (κ1) is 15.0. The van der Waals surface area contributed by atoms with Crippen molar-refractivity contribution in [2.75, 3.05) is 6.54 Å². The van der Waals surface area contributed by atoms with Gasteiger partial charge in [0.15, 0.2) is 0 Å². The number of rotatable bonds is 5. The van der Waals surface area contributed by atoms with Crippen molar-refractivity contribution in [3.63, 3.8) is 0 Å². The number of aliphatic hydroxyl groups is 1. The van der Waals surface area contributed by atoms with Gasteiger partial charge in [-0.25, -0.2) is 0 Å². The van der Waals surface area contributed by atoms with Gasteiger partial charge >= 0.3 is 0 Å². The third-order valence-electron chi connectivity index (χ3n) is 3.86. The minimum atomic E-state index is -0.233. The van der Waals surface area contributed by atoms with Crippen molar-refractivity contribution < 1.29 is 5.11 Å². The molecule has 0 bridgehead atoms. The second-order valence-electron chi connectivity index (χ2n) is 6.53. The van der Waals surface area contributed by atoms with Gasteiger partial charge in [-0.2, -0.15) is 0 Å². The molecular weight excluding hydrogens is 302 g/mol. The second kappa shape index (κ2) is 5.94. The average molecular weight is 326 g/mol. The maximum atomic E-state index is 9.54. The molecule has 1 aliphatic carbocycles. The number of nitrogens with one attached hydrogen (secondary N) is 1. The fourth-order valence-electron chi connectivity index (χ4n) is 3.07. The molecule has 19 heavy (non-hydrogen) atoms. The van der Waals surface area contributed by atoms with E-state index in [4.69, 9.17) is 0 Å². The molecule has 3 heteroatoms. The van der Waals surface area contributed by atoms with Crippen LogP contribution in [0.25, 0.3) is 0 Å². The van der Waals surface area contributed by atoms with E-state index < -0.39 is 0 Å². The Morgan fingerprint density at radius 1 is 1.47 bits per heavy atom. The van der Waals surface area contributed by atoms with E-state index in [2.05, 4.69) is 53.3 Å². The molecule has 2 N–H and O–H groups in total. The molecule has 2 atom stereocenters. The molecule has 1 aromatic carbocycles. The van der Waals surface area contributed by atoms with Crippen molar-refractivity contribution in [1.29, 1.82) is 0 Å². The van der Waals surface area contributed by atoms with Crippen molar-refractivity contribution in [3.05, 3.63) is 33.8 Å². The lowest BCUT2D eigenvalue weighted by atomic mass is 9.86. The van der Waals surface area contributed by atoms with Gasteiger partial charge in [0.2, 0.25) is 0 Å². The zero-order valence-electron chi connectivity index (χ0n) is 12.0. The van der Waals surface area contributed by atoms with Crippen molar-refractivity contribution in [2.45, 2.75) is 52.2 Å². The predicted octanol–water partition coefficient (Wildman–Crippen LogP) is 3.82. The molecule has 0 aromatic heterocycles.